The van der Waals surface area contributed by atoms with E-state index in [0.717, 1.165) is 17.5 Å². The molecule has 2 aliphatic rings. The molecule has 0 radical (unpaired) electrons. The van der Waals surface area contributed by atoms with Gasteiger partial charge in [0.1, 0.15) is 5.01 Å². The van der Waals surface area contributed by atoms with E-state index in [9.17, 15) is 0 Å². The second-order valence-electron chi connectivity index (χ2n) is 7.28. The van der Waals surface area contributed by atoms with Crippen molar-refractivity contribution < 1.29 is 0 Å². The molecule has 134 valence electrons. The molecule has 5 heteroatoms. The zero-order valence-electron chi connectivity index (χ0n) is 14.9. The number of piperidine rings is 1. The molecular weight excluding hydrogens is 328 g/mol. The molecule has 25 heavy (non-hydrogen) atoms. The fourth-order valence-corrected chi connectivity index (χ4v) is 4.70. The van der Waals surface area contributed by atoms with E-state index in [4.69, 9.17) is 4.98 Å². The van der Waals surface area contributed by atoms with Crippen LogP contribution in [0.4, 0.5) is 0 Å². The first-order valence-corrected chi connectivity index (χ1v) is 10.4. The van der Waals surface area contributed by atoms with Crippen LogP contribution in [0, 0.1) is 5.92 Å². The number of rotatable bonds is 5. The highest BCUT2D eigenvalue weighted by Crippen LogP contribution is 2.24. The van der Waals surface area contributed by atoms with Crippen molar-refractivity contribution >= 4 is 11.3 Å². The normalized spacial score (nSPS) is 20.8. The minimum atomic E-state index is 0.903. The van der Waals surface area contributed by atoms with E-state index in [1.807, 2.05) is 0 Å². The fraction of sp³-hybridized carbons (Fsp3) is 0.550. The lowest BCUT2D eigenvalue weighted by Gasteiger charge is -2.37. The van der Waals surface area contributed by atoms with E-state index in [0.29, 0.717) is 0 Å². The summed E-state index contributed by atoms with van der Waals surface area (Å²) < 4.78 is 0. The summed E-state index contributed by atoms with van der Waals surface area (Å²) in [7, 11) is 0. The second kappa shape index (κ2) is 8.41. The van der Waals surface area contributed by atoms with Gasteiger partial charge in [0.2, 0.25) is 0 Å². The Kier molecular flexibility index (Phi) is 5.77. The lowest BCUT2D eigenvalue weighted by molar-refractivity contribution is 0.106. The molecule has 0 unspecified atom stereocenters. The molecule has 2 aromatic rings. The summed E-state index contributed by atoms with van der Waals surface area (Å²) in [5.41, 5.74) is 2.45. The molecule has 0 bridgehead atoms. The highest BCUT2D eigenvalue weighted by molar-refractivity contribution is 7.13. The second-order valence-corrected chi connectivity index (χ2v) is 8.14. The number of hydrogen-bond donors (Lipinski definition) is 1. The maximum atomic E-state index is 4.84. The maximum absolute atomic E-state index is 4.84. The molecule has 0 spiro atoms. The average molecular weight is 357 g/mol. The van der Waals surface area contributed by atoms with E-state index < -0.39 is 0 Å². The topological polar surface area (TPSA) is 31.4 Å². The fourth-order valence-electron chi connectivity index (χ4n) is 3.88. The summed E-state index contributed by atoms with van der Waals surface area (Å²) >= 11 is 1.76. The van der Waals surface area contributed by atoms with Crippen molar-refractivity contribution in [2.45, 2.75) is 19.4 Å². The van der Waals surface area contributed by atoms with Crippen LogP contribution in [0.1, 0.15) is 18.5 Å². The van der Waals surface area contributed by atoms with Crippen LogP contribution in [0.2, 0.25) is 0 Å². The van der Waals surface area contributed by atoms with Crippen molar-refractivity contribution in [3.8, 4) is 10.6 Å². The number of hydrogen-bond acceptors (Lipinski definition) is 5. The third kappa shape index (κ3) is 4.67. The number of aromatic nitrogens is 1. The van der Waals surface area contributed by atoms with Gasteiger partial charge in [-0.05, 0) is 31.8 Å². The Morgan fingerprint density at radius 3 is 2.48 bits per heavy atom. The van der Waals surface area contributed by atoms with Gasteiger partial charge in [-0.1, -0.05) is 30.3 Å². The molecule has 3 heterocycles. The molecule has 0 amide bonds. The van der Waals surface area contributed by atoms with Crippen LogP contribution < -0.4 is 5.32 Å². The molecule has 2 aliphatic heterocycles. The summed E-state index contributed by atoms with van der Waals surface area (Å²) in [6, 6.07) is 10.5. The van der Waals surface area contributed by atoms with Gasteiger partial charge in [-0.3, -0.25) is 4.90 Å². The van der Waals surface area contributed by atoms with Gasteiger partial charge in [0.15, 0.2) is 0 Å². The molecule has 1 aromatic heterocycles. The van der Waals surface area contributed by atoms with Gasteiger partial charge in [0.25, 0.3) is 0 Å². The predicted octanol–water partition coefficient (Wildman–Crippen LogP) is 2.93. The molecule has 0 saturated carbocycles. The van der Waals surface area contributed by atoms with Crippen molar-refractivity contribution in [2.75, 3.05) is 45.8 Å². The first kappa shape index (κ1) is 17.2. The molecule has 0 aliphatic carbocycles. The minimum Gasteiger partial charge on any atom is -0.317 e. The number of nitrogens with one attached hydrogen (secondary N) is 1. The summed E-state index contributed by atoms with van der Waals surface area (Å²) in [6.07, 6.45) is 2.70. The minimum absolute atomic E-state index is 0.903. The van der Waals surface area contributed by atoms with Crippen LogP contribution in [-0.2, 0) is 6.54 Å². The Labute approximate surface area is 154 Å². The van der Waals surface area contributed by atoms with Crippen LogP contribution in [-0.4, -0.2) is 60.6 Å². The monoisotopic (exact) mass is 356 g/mol. The summed E-state index contributed by atoms with van der Waals surface area (Å²) in [5, 5.41) is 6.83. The Balaban J connectivity index is 1.25. The lowest BCUT2D eigenvalue weighted by Crippen LogP contribution is -2.48. The summed E-state index contributed by atoms with van der Waals surface area (Å²) in [4.78, 5) is 10.1. The lowest BCUT2D eigenvalue weighted by atomic mass is 9.97. The van der Waals surface area contributed by atoms with Crippen LogP contribution in [0.15, 0.2) is 35.7 Å². The number of benzene rings is 1. The van der Waals surface area contributed by atoms with Gasteiger partial charge in [0, 0.05) is 50.2 Å². The van der Waals surface area contributed by atoms with Crippen LogP contribution >= 0.6 is 11.3 Å². The van der Waals surface area contributed by atoms with Gasteiger partial charge in [0.05, 0.1) is 5.69 Å². The predicted molar refractivity (Wildman–Crippen MR) is 105 cm³/mol. The van der Waals surface area contributed by atoms with Gasteiger partial charge >= 0.3 is 0 Å². The zero-order chi connectivity index (χ0) is 16.9. The van der Waals surface area contributed by atoms with E-state index in [2.05, 4.69) is 50.8 Å². The summed E-state index contributed by atoms with van der Waals surface area (Å²) in [5.74, 6) is 0.903. The van der Waals surface area contributed by atoms with Crippen molar-refractivity contribution in [1.82, 2.24) is 20.1 Å². The van der Waals surface area contributed by atoms with Crippen LogP contribution in [0.3, 0.4) is 0 Å². The molecule has 1 aromatic carbocycles. The van der Waals surface area contributed by atoms with Gasteiger partial charge < -0.3 is 10.2 Å². The van der Waals surface area contributed by atoms with Crippen molar-refractivity contribution in [2.24, 2.45) is 5.92 Å². The standard InChI is InChI=1S/C20H28N4S/c1-2-4-18(5-3-1)20-22-19(16-25-20)15-24-12-10-23(11-13-24)14-17-6-8-21-9-7-17/h1-5,16-17,21H,6-15H2. The first-order valence-electron chi connectivity index (χ1n) is 9.52. The molecule has 1 N–H and O–H groups in total. The van der Waals surface area contributed by atoms with Crippen LogP contribution in [0.5, 0.6) is 0 Å². The largest absolute Gasteiger partial charge is 0.317 e. The molecule has 0 atom stereocenters. The van der Waals surface area contributed by atoms with E-state index in [-0.39, 0.29) is 0 Å². The van der Waals surface area contributed by atoms with E-state index >= 15 is 0 Å². The third-order valence-electron chi connectivity index (χ3n) is 5.40. The van der Waals surface area contributed by atoms with E-state index in [1.165, 1.54) is 69.9 Å². The quantitative estimate of drug-likeness (QED) is 0.893. The maximum Gasteiger partial charge on any atom is 0.123 e. The van der Waals surface area contributed by atoms with Gasteiger partial charge in [-0.15, -0.1) is 11.3 Å². The van der Waals surface area contributed by atoms with Crippen molar-refractivity contribution in [1.29, 1.82) is 0 Å². The van der Waals surface area contributed by atoms with E-state index in [1.54, 1.807) is 11.3 Å². The average Bonchev–Trinajstić information content (AvgIpc) is 3.14. The Hall–Kier alpha value is -1.27. The SMILES string of the molecule is c1ccc(-c2nc(CN3CCN(CC4CCNCC4)CC3)cs2)cc1. The molecule has 2 fully saturated rings. The Morgan fingerprint density at radius 1 is 1.00 bits per heavy atom. The Morgan fingerprint density at radius 2 is 1.72 bits per heavy atom. The number of nitrogens with zero attached hydrogens (tertiary/aromatic N) is 3. The van der Waals surface area contributed by atoms with Gasteiger partial charge in [-0.25, -0.2) is 4.98 Å². The molecule has 2 saturated heterocycles. The number of thiazole rings is 1. The third-order valence-corrected chi connectivity index (χ3v) is 6.34. The summed E-state index contributed by atoms with van der Waals surface area (Å²) in [6.45, 7) is 9.46. The molecule has 4 rings (SSSR count). The Bertz CT molecular complexity index is 643. The van der Waals surface area contributed by atoms with Crippen LogP contribution in [0.25, 0.3) is 10.6 Å². The highest BCUT2D eigenvalue weighted by atomic mass is 32.1. The smallest absolute Gasteiger partial charge is 0.123 e. The molecule has 4 nitrogen and oxygen atoms in total. The van der Waals surface area contributed by atoms with Gasteiger partial charge in [-0.2, -0.15) is 0 Å². The first-order chi connectivity index (χ1) is 12.4. The van der Waals surface area contributed by atoms with Crippen molar-refractivity contribution in [3.63, 3.8) is 0 Å². The van der Waals surface area contributed by atoms with Crippen molar-refractivity contribution in [3.05, 3.63) is 41.4 Å². The zero-order valence-corrected chi connectivity index (χ0v) is 15.7. The highest BCUT2D eigenvalue weighted by Gasteiger charge is 2.21. The molecular formula is C20H28N4S. The number of piperazine rings is 1.